The van der Waals surface area contributed by atoms with Crippen molar-refractivity contribution >= 4 is 0 Å². The van der Waals surface area contributed by atoms with Crippen LogP contribution in [0.5, 0.6) is 5.75 Å². The van der Waals surface area contributed by atoms with Crippen LogP contribution in [-0.4, -0.2) is 24.6 Å². The van der Waals surface area contributed by atoms with Crippen LogP contribution >= 0.6 is 0 Å². The molecule has 1 aromatic carbocycles. The molecule has 0 amide bonds. The highest BCUT2D eigenvalue weighted by Crippen LogP contribution is 2.28. The second-order valence-corrected chi connectivity index (χ2v) is 5.41. The van der Waals surface area contributed by atoms with Crippen molar-refractivity contribution in [1.82, 2.24) is 0 Å². The van der Waals surface area contributed by atoms with Crippen LogP contribution in [-0.2, 0) is 9.47 Å². The van der Waals surface area contributed by atoms with Gasteiger partial charge in [-0.05, 0) is 32.9 Å². The highest BCUT2D eigenvalue weighted by Gasteiger charge is 2.33. The van der Waals surface area contributed by atoms with Gasteiger partial charge in [0.25, 0.3) is 0 Å². The van der Waals surface area contributed by atoms with Gasteiger partial charge < -0.3 is 14.2 Å². The Bertz CT molecular complexity index is 361. The molecular weight excluding hydrogens is 228 g/mol. The van der Waals surface area contributed by atoms with Crippen LogP contribution in [0.15, 0.2) is 30.3 Å². The van der Waals surface area contributed by atoms with E-state index in [2.05, 4.69) is 20.8 Å². The molecule has 1 aromatic rings. The molecule has 2 rings (SSSR count). The minimum atomic E-state index is -0.160. The highest BCUT2D eigenvalue weighted by atomic mass is 16.7. The monoisotopic (exact) mass is 250 g/mol. The number of benzene rings is 1. The molecule has 0 aromatic heterocycles. The highest BCUT2D eigenvalue weighted by molar-refractivity contribution is 5.20. The van der Waals surface area contributed by atoms with Gasteiger partial charge >= 0.3 is 0 Å². The topological polar surface area (TPSA) is 27.7 Å². The first-order valence-corrected chi connectivity index (χ1v) is 6.56. The van der Waals surface area contributed by atoms with Gasteiger partial charge in [-0.15, -0.1) is 0 Å². The average molecular weight is 250 g/mol. The first-order chi connectivity index (χ1) is 8.55. The summed E-state index contributed by atoms with van der Waals surface area (Å²) in [5.74, 6) is 0.889. The van der Waals surface area contributed by atoms with E-state index in [0.29, 0.717) is 6.61 Å². The Labute approximate surface area is 109 Å². The molecule has 1 fully saturated rings. The van der Waals surface area contributed by atoms with Crippen molar-refractivity contribution in [3.8, 4) is 5.75 Å². The second-order valence-electron chi connectivity index (χ2n) is 5.41. The minimum Gasteiger partial charge on any atom is -0.493 e. The summed E-state index contributed by atoms with van der Waals surface area (Å²) in [5, 5.41) is 0. The van der Waals surface area contributed by atoms with E-state index in [1.54, 1.807) is 0 Å². The van der Waals surface area contributed by atoms with Crippen molar-refractivity contribution in [1.29, 1.82) is 0 Å². The fraction of sp³-hybridized carbons (Fsp3) is 0.600. The van der Waals surface area contributed by atoms with E-state index in [1.165, 1.54) is 0 Å². The van der Waals surface area contributed by atoms with E-state index in [4.69, 9.17) is 14.2 Å². The summed E-state index contributed by atoms with van der Waals surface area (Å²) in [4.78, 5) is 0. The molecule has 2 unspecified atom stereocenters. The SMILES string of the molecule is CC1CC(C)(C)OC(CCOc2ccccc2)O1. The van der Waals surface area contributed by atoms with Crippen LogP contribution in [0.3, 0.4) is 0 Å². The molecule has 0 bridgehead atoms. The lowest BCUT2D eigenvalue weighted by molar-refractivity contribution is -0.271. The molecule has 3 heteroatoms. The summed E-state index contributed by atoms with van der Waals surface area (Å²) < 4.78 is 17.3. The fourth-order valence-electron chi connectivity index (χ4n) is 2.35. The van der Waals surface area contributed by atoms with E-state index in [0.717, 1.165) is 18.6 Å². The standard InChI is InChI=1S/C15H22O3/c1-12-11-15(2,3)18-14(17-12)9-10-16-13-7-5-4-6-8-13/h4-8,12,14H,9-11H2,1-3H3. The molecule has 1 aliphatic rings. The predicted octanol–water partition coefficient (Wildman–Crippen LogP) is 3.39. The maximum atomic E-state index is 5.88. The molecule has 1 heterocycles. The molecule has 1 aliphatic heterocycles. The Hall–Kier alpha value is -1.06. The van der Waals surface area contributed by atoms with Crippen molar-refractivity contribution in [2.45, 2.75) is 51.6 Å². The van der Waals surface area contributed by atoms with E-state index in [9.17, 15) is 0 Å². The Morgan fingerprint density at radius 2 is 2.00 bits per heavy atom. The van der Waals surface area contributed by atoms with E-state index in [-0.39, 0.29) is 18.0 Å². The van der Waals surface area contributed by atoms with Gasteiger partial charge in [-0.1, -0.05) is 18.2 Å². The third kappa shape index (κ3) is 4.00. The van der Waals surface area contributed by atoms with Crippen molar-refractivity contribution in [3.63, 3.8) is 0 Å². The van der Waals surface area contributed by atoms with Gasteiger partial charge in [-0.3, -0.25) is 0 Å². The largest absolute Gasteiger partial charge is 0.493 e. The van der Waals surface area contributed by atoms with Crippen molar-refractivity contribution in [3.05, 3.63) is 30.3 Å². The van der Waals surface area contributed by atoms with E-state index >= 15 is 0 Å². The summed E-state index contributed by atoms with van der Waals surface area (Å²) >= 11 is 0. The van der Waals surface area contributed by atoms with Crippen LogP contribution in [0.4, 0.5) is 0 Å². The third-order valence-electron chi connectivity index (χ3n) is 2.98. The number of para-hydroxylation sites is 1. The lowest BCUT2D eigenvalue weighted by atomic mass is 10.00. The summed E-state index contributed by atoms with van der Waals surface area (Å²) in [6.07, 6.45) is 1.77. The fourth-order valence-corrected chi connectivity index (χ4v) is 2.35. The zero-order chi connectivity index (χ0) is 13.0. The van der Waals surface area contributed by atoms with Gasteiger partial charge in [0.1, 0.15) is 5.75 Å². The third-order valence-corrected chi connectivity index (χ3v) is 2.98. The van der Waals surface area contributed by atoms with Crippen molar-refractivity contribution in [2.75, 3.05) is 6.61 Å². The van der Waals surface area contributed by atoms with Gasteiger partial charge in [0, 0.05) is 12.8 Å². The van der Waals surface area contributed by atoms with E-state index < -0.39 is 0 Å². The van der Waals surface area contributed by atoms with Gasteiger partial charge in [-0.2, -0.15) is 0 Å². The van der Waals surface area contributed by atoms with Gasteiger partial charge in [-0.25, -0.2) is 0 Å². The average Bonchev–Trinajstić information content (AvgIpc) is 2.27. The number of rotatable bonds is 4. The summed E-state index contributed by atoms with van der Waals surface area (Å²) in [7, 11) is 0. The summed E-state index contributed by atoms with van der Waals surface area (Å²) in [6, 6.07) is 9.82. The quantitative estimate of drug-likeness (QED) is 0.820. The normalized spacial score (nSPS) is 26.8. The first kappa shape index (κ1) is 13.4. The number of hydrogen-bond acceptors (Lipinski definition) is 3. The maximum absolute atomic E-state index is 5.88. The zero-order valence-electron chi connectivity index (χ0n) is 11.4. The van der Waals surface area contributed by atoms with Crippen molar-refractivity contribution in [2.24, 2.45) is 0 Å². The van der Waals surface area contributed by atoms with Gasteiger partial charge in [0.05, 0.1) is 18.3 Å². The number of hydrogen-bond donors (Lipinski definition) is 0. The molecular formula is C15H22O3. The molecule has 0 aliphatic carbocycles. The zero-order valence-corrected chi connectivity index (χ0v) is 11.4. The molecule has 3 nitrogen and oxygen atoms in total. The molecule has 0 spiro atoms. The lowest BCUT2D eigenvalue weighted by Gasteiger charge is -2.39. The predicted molar refractivity (Wildman–Crippen MR) is 70.7 cm³/mol. The Kier molecular flexibility index (Phi) is 4.25. The summed E-state index contributed by atoms with van der Waals surface area (Å²) in [5.41, 5.74) is -0.102. The minimum absolute atomic E-state index is 0.102. The molecule has 0 N–H and O–H groups in total. The van der Waals surface area contributed by atoms with Crippen molar-refractivity contribution < 1.29 is 14.2 Å². The summed E-state index contributed by atoms with van der Waals surface area (Å²) in [6.45, 7) is 6.92. The van der Waals surface area contributed by atoms with Gasteiger partial charge in [0.2, 0.25) is 0 Å². The van der Waals surface area contributed by atoms with Crippen LogP contribution in [0, 0.1) is 0 Å². The number of ether oxygens (including phenoxy) is 3. The molecule has 1 saturated heterocycles. The smallest absolute Gasteiger partial charge is 0.161 e. The van der Waals surface area contributed by atoms with Crippen LogP contribution in [0.25, 0.3) is 0 Å². The van der Waals surface area contributed by atoms with E-state index in [1.807, 2.05) is 30.3 Å². The Balaban J connectivity index is 1.76. The molecule has 100 valence electrons. The Morgan fingerprint density at radius 1 is 1.28 bits per heavy atom. The molecule has 18 heavy (non-hydrogen) atoms. The maximum Gasteiger partial charge on any atom is 0.161 e. The van der Waals surface area contributed by atoms with Crippen LogP contribution in [0.2, 0.25) is 0 Å². The molecule has 0 radical (unpaired) electrons. The lowest BCUT2D eigenvalue weighted by Crippen LogP contribution is -2.43. The van der Waals surface area contributed by atoms with Crippen LogP contribution < -0.4 is 4.74 Å². The molecule has 0 saturated carbocycles. The van der Waals surface area contributed by atoms with Gasteiger partial charge in [0.15, 0.2) is 6.29 Å². The Morgan fingerprint density at radius 3 is 2.67 bits per heavy atom. The first-order valence-electron chi connectivity index (χ1n) is 6.56. The van der Waals surface area contributed by atoms with Crippen LogP contribution in [0.1, 0.15) is 33.6 Å². The second kappa shape index (κ2) is 5.72. The molecule has 2 atom stereocenters.